The first-order valence-electron chi connectivity index (χ1n) is 9.87. The van der Waals surface area contributed by atoms with Gasteiger partial charge in [0.05, 0.1) is 11.1 Å². The lowest BCUT2D eigenvalue weighted by atomic mass is 9.99. The van der Waals surface area contributed by atoms with Gasteiger partial charge in [0.1, 0.15) is 6.04 Å². The number of benzene rings is 2. The maximum absolute atomic E-state index is 12.6. The van der Waals surface area contributed by atoms with E-state index in [0.29, 0.717) is 24.1 Å². The molecule has 0 fully saturated rings. The smallest absolute Gasteiger partial charge is 0.329 e. The molecule has 2 aliphatic rings. The minimum Gasteiger partial charge on any atom is -0.456 e. The van der Waals surface area contributed by atoms with Gasteiger partial charge in [0.15, 0.2) is 12.4 Å². The monoisotopic (exact) mass is 420 g/mol. The first-order chi connectivity index (χ1) is 14.8. The number of amides is 3. The van der Waals surface area contributed by atoms with E-state index in [9.17, 15) is 24.0 Å². The molecule has 31 heavy (non-hydrogen) atoms. The van der Waals surface area contributed by atoms with Crippen LogP contribution >= 0.6 is 0 Å². The lowest BCUT2D eigenvalue weighted by Crippen LogP contribution is -2.44. The number of Topliss-reactive ketones (excluding diaryl/α,β-unsaturated/α-hetero) is 1. The number of rotatable bonds is 5. The molecule has 3 amide bonds. The van der Waals surface area contributed by atoms with E-state index in [1.54, 1.807) is 43.3 Å². The number of aryl methyl sites for hydroxylation is 2. The third-order valence-corrected chi connectivity index (χ3v) is 5.47. The molecule has 0 radical (unpaired) electrons. The molecule has 0 saturated carbocycles. The summed E-state index contributed by atoms with van der Waals surface area (Å²) in [5, 5.41) is 2.74. The van der Waals surface area contributed by atoms with Gasteiger partial charge in [-0.25, -0.2) is 4.79 Å². The van der Waals surface area contributed by atoms with E-state index in [-0.39, 0.29) is 17.0 Å². The highest BCUT2D eigenvalue weighted by Crippen LogP contribution is 2.26. The summed E-state index contributed by atoms with van der Waals surface area (Å²) in [6, 6.07) is 8.58. The highest BCUT2D eigenvalue weighted by atomic mass is 16.5. The van der Waals surface area contributed by atoms with Crippen LogP contribution in [-0.2, 0) is 20.7 Å². The average molecular weight is 420 g/mol. The van der Waals surface area contributed by atoms with Crippen LogP contribution in [0.3, 0.4) is 0 Å². The van der Waals surface area contributed by atoms with Gasteiger partial charge in [0, 0.05) is 17.7 Å². The van der Waals surface area contributed by atoms with Gasteiger partial charge in [-0.15, -0.1) is 0 Å². The third-order valence-electron chi connectivity index (χ3n) is 5.47. The number of esters is 1. The normalized spacial score (nSPS) is 15.8. The quantitative estimate of drug-likeness (QED) is 0.452. The number of hydrogen-bond donors (Lipinski definition) is 1. The average Bonchev–Trinajstić information content (AvgIpc) is 3.00. The van der Waals surface area contributed by atoms with Crippen molar-refractivity contribution in [2.45, 2.75) is 32.7 Å². The van der Waals surface area contributed by atoms with Crippen LogP contribution in [0.15, 0.2) is 36.4 Å². The summed E-state index contributed by atoms with van der Waals surface area (Å²) in [5.74, 6) is -2.45. The summed E-state index contributed by atoms with van der Waals surface area (Å²) in [7, 11) is 0. The zero-order valence-corrected chi connectivity index (χ0v) is 17.1. The van der Waals surface area contributed by atoms with E-state index in [1.165, 1.54) is 6.92 Å². The van der Waals surface area contributed by atoms with E-state index in [0.717, 1.165) is 16.0 Å². The number of fused-ring (bicyclic) bond motifs is 2. The molecule has 8 nitrogen and oxygen atoms in total. The maximum Gasteiger partial charge on any atom is 0.329 e. The van der Waals surface area contributed by atoms with Gasteiger partial charge in [0.25, 0.3) is 11.8 Å². The van der Waals surface area contributed by atoms with Crippen molar-refractivity contribution in [3.05, 3.63) is 64.2 Å². The van der Waals surface area contributed by atoms with Gasteiger partial charge < -0.3 is 10.1 Å². The molecule has 1 N–H and O–H groups in total. The number of nitrogens with zero attached hydrogens (tertiary/aromatic N) is 1. The van der Waals surface area contributed by atoms with Crippen LogP contribution in [0.25, 0.3) is 0 Å². The Morgan fingerprint density at radius 1 is 1.03 bits per heavy atom. The molecule has 2 aromatic rings. The second kappa shape index (κ2) is 7.79. The summed E-state index contributed by atoms with van der Waals surface area (Å²) in [6.45, 7) is 2.68. The number of imide groups is 1. The van der Waals surface area contributed by atoms with Gasteiger partial charge in [-0.2, -0.15) is 0 Å². The van der Waals surface area contributed by atoms with Crippen LogP contribution in [-0.4, -0.2) is 47.0 Å². The predicted octanol–water partition coefficient (Wildman–Crippen LogP) is 2.29. The summed E-state index contributed by atoms with van der Waals surface area (Å²) in [4.78, 5) is 62.5. The Labute approximate surface area is 178 Å². The van der Waals surface area contributed by atoms with Crippen molar-refractivity contribution in [3.63, 3.8) is 0 Å². The minimum atomic E-state index is -1.17. The molecule has 1 unspecified atom stereocenters. The number of ketones is 1. The Kier molecular flexibility index (Phi) is 5.14. The molecule has 0 saturated heterocycles. The number of ether oxygens (including phenoxy) is 1. The highest BCUT2D eigenvalue weighted by Gasteiger charge is 2.41. The van der Waals surface area contributed by atoms with Gasteiger partial charge in [0.2, 0.25) is 5.91 Å². The molecule has 4 rings (SSSR count). The Bertz CT molecular complexity index is 1150. The number of carbonyl (C=O) groups excluding carboxylic acids is 5. The molecule has 0 aliphatic carbocycles. The van der Waals surface area contributed by atoms with Crippen molar-refractivity contribution >= 4 is 35.2 Å². The Morgan fingerprint density at radius 2 is 1.77 bits per heavy atom. The molecule has 0 aromatic heterocycles. The van der Waals surface area contributed by atoms with Crippen molar-refractivity contribution in [2.75, 3.05) is 11.9 Å². The molecule has 2 heterocycles. The van der Waals surface area contributed by atoms with Crippen LogP contribution < -0.4 is 5.32 Å². The Morgan fingerprint density at radius 3 is 2.55 bits per heavy atom. The van der Waals surface area contributed by atoms with Crippen LogP contribution in [0.4, 0.5) is 5.69 Å². The summed E-state index contributed by atoms with van der Waals surface area (Å²) < 4.78 is 5.11. The first-order valence-corrected chi connectivity index (χ1v) is 9.87. The van der Waals surface area contributed by atoms with Crippen molar-refractivity contribution in [1.82, 2.24) is 4.90 Å². The van der Waals surface area contributed by atoms with Crippen LogP contribution in [0, 0.1) is 6.92 Å². The number of hydrogen-bond acceptors (Lipinski definition) is 6. The largest absolute Gasteiger partial charge is 0.456 e. The van der Waals surface area contributed by atoms with Gasteiger partial charge in [-0.05, 0) is 56.2 Å². The van der Waals surface area contributed by atoms with E-state index in [2.05, 4.69) is 5.32 Å². The summed E-state index contributed by atoms with van der Waals surface area (Å²) in [5.41, 5.74) is 3.18. The SMILES string of the molecule is Cc1ccc2c(c1)C(=O)N(C(C)C(=O)OCC(=O)c1ccc3c(c1)CCC(=O)N3)C2=O. The molecule has 0 bridgehead atoms. The molecular weight excluding hydrogens is 400 g/mol. The fourth-order valence-electron chi connectivity index (χ4n) is 3.73. The molecule has 2 aromatic carbocycles. The number of nitrogens with one attached hydrogen (secondary N) is 1. The number of carbonyl (C=O) groups is 5. The van der Waals surface area contributed by atoms with Crippen molar-refractivity contribution in [3.8, 4) is 0 Å². The van der Waals surface area contributed by atoms with Gasteiger partial charge >= 0.3 is 5.97 Å². The second-order valence-corrected chi connectivity index (χ2v) is 7.66. The van der Waals surface area contributed by atoms with E-state index >= 15 is 0 Å². The minimum absolute atomic E-state index is 0.0715. The fraction of sp³-hybridized carbons (Fsp3) is 0.261. The van der Waals surface area contributed by atoms with Crippen molar-refractivity contribution in [1.29, 1.82) is 0 Å². The van der Waals surface area contributed by atoms with Gasteiger partial charge in [-0.3, -0.25) is 24.1 Å². The third kappa shape index (κ3) is 3.72. The number of anilines is 1. The van der Waals surface area contributed by atoms with Crippen LogP contribution in [0.2, 0.25) is 0 Å². The lowest BCUT2D eigenvalue weighted by molar-refractivity contribution is -0.146. The maximum atomic E-state index is 12.6. The zero-order chi connectivity index (χ0) is 22.3. The van der Waals surface area contributed by atoms with Crippen molar-refractivity contribution in [2.24, 2.45) is 0 Å². The topological polar surface area (TPSA) is 110 Å². The van der Waals surface area contributed by atoms with Crippen molar-refractivity contribution < 1.29 is 28.7 Å². The standard InChI is InChI=1S/C23H20N2O6/c1-12-3-6-16-17(9-12)22(29)25(21(16)28)13(2)23(30)31-11-19(26)15-4-7-18-14(10-15)5-8-20(27)24-18/h3-4,6-7,9-10,13H,5,8,11H2,1-2H3,(H,24,27). The molecule has 8 heteroatoms. The molecule has 158 valence electrons. The molecule has 2 aliphatic heterocycles. The van der Waals surface area contributed by atoms with Crippen LogP contribution in [0.5, 0.6) is 0 Å². The Balaban J connectivity index is 1.41. The molecular formula is C23H20N2O6. The van der Waals surface area contributed by atoms with Crippen LogP contribution in [0.1, 0.15) is 55.5 Å². The van der Waals surface area contributed by atoms with Gasteiger partial charge in [-0.1, -0.05) is 11.6 Å². The zero-order valence-electron chi connectivity index (χ0n) is 17.1. The van der Waals surface area contributed by atoms with E-state index in [1.807, 2.05) is 0 Å². The molecule has 1 atom stereocenters. The second-order valence-electron chi connectivity index (χ2n) is 7.66. The van der Waals surface area contributed by atoms with E-state index in [4.69, 9.17) is 4.74 Å². The first kappa shape index (κ1) is 20.5. The lowest BCUT2D eigenvalue weighted by Gasteiger charge is -2.21. The summed E-state index contributed by atoms with van der Waals surface area (Å²) >= 11 is 0. The highest BCUT2D eigenvalue weighted by molar-refractivity contribution is 6.22. The molecule has 0 spiro atoms. The Hall–Kier alpha value is -3.81. The predicted molar refractivity (Wildman–Crippen MR) is 110 cm³/mol. The fourth-order valence-corrected chi connectivity index (χ4v) is 3.73. The summed E-state index contributed by atoms with van der Waals surface area (Å²) in [6.07, 6.45) is 0.870. The van der Waals surface area contributed by atoms with E-state index < -0.39 is 36.2 Å².